The number of allylic oxidation sites excluding steroid dienone is 1. The van der Waals surface area contributed by atoms with Crippen LogP contribution in [0.25, 0.3) is 5.70 Å². The van der Waals surface area contributed by atoms with Crippen LogP contribution >= 0.6 is 23.2 Å². The maximum absolute atomic E-state index is 11.9. The van der Waals surface area contributed by atoms with Crippen LogP contribution in [0, 0.1) is 11.3 Å². The van der Waals surface area contributed by atoms with Crippen LogP contribution < -0.4 is 4.74 Å². The molecule has 0 aliphatic carbocycles. The maximum Gasteiger partial charge on any atom is 0.245 e. The summed E-state index contributed by atoms with van der Waals surface area (Å²) in [5.41, 5.74) is 1.46. The smallest absolute Gasteiger partial charge is 0.245 e. The Balaban J connectivity index is 2.30. The Morgan fingerprint density at radius 1 is 1.55 bits per heavy atom. The highest BCUT2D eigenvalue weighted by atomic mass is 35.5. The Morgan fingerprint density at radius 2 is 2.30 bits per heavy atom. The van der Waals surface area contributed by atoms with E-state index in [2.05, 4.69) is 0 Å². The van der Waals surface area contributed by atoms with E-state index in [1.807, 2.05) is 12.1 Å². The van der Waals surface area contributed by atoms with Crippen molar-refractivity contribution in [2.24, 2.45) is 0 Å². The first-order valence-corrected chi connectivity index (χ1v) is 6.77. The van der Waals surface area contributed by atoms with E-state index in [4.69, 9.17) is 33.2 Å². The van der Waals surface area contributed by atoms with Crippen molar-refractivity contribution in [2.75, 3.05) is 13.7 Å². The number of nitriles is 1. The summed E-state index contributed by atoms with van der Waals surface area (Å²) < 4.78 is 5.18. The zero-order valence-corrected chi connectivity index (χ0v) is 12.3. The van der Waals surface area contributed by atoms with Gasteiger partial charge < -0.3 is 9.64 Å². The van der Waals surface area contributed by atoms with Crippen LogP contribution in [-0.2, 0) is 4.79 Å². The van der Waals surface area contributed by atoms with Crippen LogP contribution in [0.3, 0.4) is 0 Å². The van der Waals surface area contributed by atoms with Gasteiger partial charge >= 0.3 is 0 Å². The third kappa shape index (κ3) is 2.90. The Kier molecular flexibility index (Phi) is 4.53. The Labute approximate surface area is 127 Å². The highest BCUT2D eigenvalue weighted by molar-refractivity contribution is 6.33. The van der Waals surface area contributed by atoms with Crippen LogP contribution in [0.1, 0.15) is 12.0 Å². The van der Waals surface area contributed by atoms with Crippen LogP contribution in [0.4, 0.5) is 0 Å². The van der Waals surface area contributed by atoms with E-state index >= 15 is 0 Å². The number of amides is 1. The first-order valence-electron chi connectivity index (χ1n) is 5.96. The van der Waals surface area contributed by atoms with Gasteiger partial charge in [-0.15, -0.1) is 11.6 Å². The van der Waals surface area contributed by atoms with E-state index in [9.17, 15) is 4.79 Å². The molecule has 2 rings (SSSR count). The second-order valence-corrected chi connectivity index (χ2v) is 5.21. The van der Waals surface area contributed by atoms with Gasteiger partial charge in [0, 0.05) is 18.3 Å². The molecule has 1 unspecified atom stereocenters. The average Bonchev–Trinajstić information content (AvgIpc) is 2.44. The fourth-order valence-corrected chi connectivity index (χ4v) is 2.48. The number of hydrogen-bond donors (Lipinski definition) is 0. The molecule has 1 atom stereocenters. The number of rotatable bonds is 3. The Bertz CT molecular complexity index is 608. The van der Waals surface area contributed by atoms with E-state index in [1.54, 1.807) is 25.2 Å². The molecule has 0 aromatic heterocycles. The molecule has 0 spiro atoms. The van der Waals surface area contributed by atoms with Gasteiger partial charge in [0.2, 0.25) is 5.91 Å². The molecular weight excluding hydrogens is 299 g/mol. The van der Waals surface area contributed by atoms with E-state index < -0.39 is 5.38 Å². The largest absolute Gasteiger partial charge is 0.479 e. The molecule has 104 valence electrons. The molecule has 6 heteroatoms. The van der Waals surface area contributed by atoms with E-state index in [-0.39, 0.29) is 12.5 Å². The molecule has 1 heterocycles. The minimum absolute atomic E-state index is 0.0370. The topological polar surface area (TPSA) is 53.3 Å². The lowest BCUT2D eigenvalue weighted by Crippen LogP contribution is -2.35. The lowest BCUT2D eigenvalue weighted by atomic mass is 10.0. The van der Waals surface area contributed by atoms with Gasteiger partial charge in [0.25, 0.3) is 0 Å². The van der Waals surface area contributed by atoms with E-state index in [0.29, 0.717) is 17.2 Å². The van der Waals surface area contributed by atoms with Gasteiger partial charge in [0.1, 0.15) is 17.2 Å². The first-order chi connectivity index (χ1) is 9.54. The van der Waals surface area contributed by atoms with Crippen LogP contribution in [0.15, 0.2) is 24.3 Å². The third-order valence-electron chi connectivity index (χ3n) is 3.00. The highest BCUT2D eigenvalue weighted by Gasteiger charge is 2.27. The van der Waals surface area contributed by atoms with Gasteiger partial charge in [-0.2, -0.15) is 5.26 Å². The zero-order valence-electron chi connectivity index (χ0n) is 10.8. The minimum Gasteiger partial charge on any atom is -0.479 e. The number of carbonyl (C=O) groups is 1. The molecule has 0 saturated heterocycles. The van der Waals surface area contributed by atoms with Gasteiger partial charge in [-0.1, -0.05) is 17.7 Å². The lowest BCUT2D eigenvalue weighted by Gasteiger charge is -2.28. The number of hydrogen-bond acceptors (Lipinski definition) is 3. The quantitative estimate of drug-likeness (QED) is 0.806. The number of carbonyl (C=O) groups excluding carboxylic acids is 1. The van der Waals surface area contributed by atoms with E-state index in [0.717, 1.165) is 11.3 Å². The average molecular weight is 311 g/mol. The first kappa shape index (κ1) is 14.7. The summed E-state index contributed by atoms with van der Waals surface area (Å²) in [6, 6.07) is 6.99. The zero-order chi connectivity index (χ0) is 14.7. The molecule has 1 aromatic rings. The second-order valence-electron chi connectivity index (χ2n) is 4.28. The summed E-state index contributed by atoms with van der Waals surface area (Å²) in [6.45, 7) is -0.0370. The number of benzene rings is 1. The molecule has 0 radical (unpaired) electrons. The highest BCUT2D eigenvalue weighted by Crippen LogP contribution is 2.33. The molecule has 4 nitrogen and oxygen atoms in total. The molecule has 1 aliphatic rings. The van der Waals surface area contributed by atoms with Crippen molar-refractivity contribution in [3.8, 4) is 11.8 Å². The molecule has 0 N–H and O–H groups in total. The molecule has 20 heavy (non-hydrogen) atoms. The summed E-state index contributed by atoms with van der Waals surface area (Å²) in [7, 11) is 1.67. The summed E-state index contributed by atoms with van der Waals surface area (Å²) >= 11 is 12.1. The van der Waals surface area contributed by atoms with Crippen LogP contribution in [0.5, 0.6) is 5.75 Å². The lowest BCUT2D eigenvalue weighted by molar-refractivity contribution is -0.126. The SMILES string of the molecule is CN1C(=O)C(Cl)CC=C1c1ccc(OCC#N)cc1Cl. The van der Waals surface area contributed by atoms with Crippen molar-refractivity contribution in [3.05, 3.63) is 34.9 Å². The maximum atomic E-state index is 11.9. The predicted octanol–water partition coefficient (Wildman–Crippen LogP) is 3.05. The van der Waals surface area contributed by atoms with Gasteiger partial charge in [0.15, 0.2) is 6.61 Å². The van der Waals surface area contributed by atoms with Crippen molar-refractivity contribution in [1.82, 2.24) is 4.90 Å². The Hall–Kier alpha value is -1.70. The monoisotopic (exact) mass is 310 g/mol. The third-order valence-corrected chi connectivity index (χ3v) is 3.68. The summed E-state index contributed by atoms with van der Waals surface area (Å²) in [4.78, 5) is 13.4. The van der Waals surface area contributed by atoms with Gasteiger partial charge in [-0.3, -0.25) is 4.79 Å². The number of alkyl halides is 1. The molecule has 0 saturated carbocycles. The molecule has 1 amide bonds. The van der Waals surface area contributed by atoms with Crippen molar-refractivity contribution >= 4 is 34.8 Å². The van der Waals surface area contributed by atoms with Crippen LogP contribution in [0.2, 0.25) is 5.02 Å². The predicted molar refractivity (Wildman–Crippen MR) is 77.6 cm³/mol. The normalized spacial score (nSPS) is 18.5. The summed E-state index contributed by atoms with van der Waals surface area (Å²) in [6.07, 6.45) is 2.36. The number of nitrogens with zero attached hydrogens (tertiary/aromatic N) is 2. The molecule has 1 aliphatic heterocycles. The molecular formula is C14H12Cl2N2O2. The number of halogens is 2. The standard InChI is InChI=1S/C14H12Cl2N2O2/c1-18-13(5-4-11(15)14(18)19)10-3-2-9(8-12(10)16)20-7-6-17/h2-3,5,8,11H,4,7H2,1H3. The molecule has 0 fully saturated rings. The molecule has 1 aromatic carbocycles. The second kappa shape index (κ2) is 6.17. The van der Waals surface area contributed by atoms with Crippen molar-refractivity contribution in [2.45, 2.75) is 11.8 Å². The van der Waals surface area contributed by atoms with E-state index in [1.165, 1.54) is 4.90 Å². The van der Waals surface area contributed by atoms with Crippen molar-refractivity contribution in [1.29, 1.82) is 5.26 Å². The van der Waals surface area contributed by atoms with Crippen molar-refractivity contribution < 1.29 is 9.53 Å². The molecule has 0 bridgehead atoms. The minimum atomic E-state index is -0.527. The van der Waals surface area contributed by atoms with Gasteiger partial charge in [-0.25, -0.2) is 0 Å². The number of ether oxygens (including phenoxy) is 1. The van der Waals surface area contributed by atoms with Crippen molar-refractivity contribution in [3.63, 3.8) is 0 Å². The summed E-state index contributed by atoms with van der Waals surface area (Å²) in [5, 5.41) is 8.40. The fourth-order valence-electron chi connectivity index (χ4n) is 1.98. The van der Waals surface area contributed by atoms with Crippen LogP contribution in [-0.4, -0.2) is 29.8 Å². The summed E-state index contributed by atoms with van der Waals surface area (Å²) in [5.74, 6) is 0.367. The van der Waals surface area contributed by atoms with Gasteiger partial charge in [-0.05, 0) is 24.6 Å². The fraction of sp³-hybridized carbons (Fsp3) is 0.286. The Morgan fingerprint density at radius 3 is 2.95 bits per heavy atom. The van der Waals surface area contributed by atoms with Gasteiger partial charge in [0.05, 0.1) is 5.02 Å².